The first-order valence-electron chi connectivity index (χ1n) is 7.29. The third kappa shape index (κ3) is 3.54. The van der Waals surface area contributed by atoms with Crippen LogP contribution in [0.3, 0.4) is 0 Å². The lowest BCUT2D eigenvalue weighted by Crippen LogP contribution is -2.61. The molecule has 3 nitrogen and oxygen atoms in total. The number of piperazine rings is 1. The molecule has 0 aliphatic carbocycles. The SMILES string of the molecule is CCC1(C)CN(Cc2cc(Br)ccc2OC)C(C)CN1. The highest BCUT2D eigenvalue weighted by Crippen LogP contribution is 2.27. The van der Waals surface area contributed by atoms with Gasteiger partial charge in [-0.25, -0.2) is 0 Å². The Morgan fingerprint density at radius 3 is 2.90 bits per heavy atom. The van der Waals surface area contributed by atoms with Gasteiger partial charge in [-0.05, 0) is 38.5 Å². The molecule has 0 aromatic heterocycles. The van der Waals surface area contributed by atoms with Crippen LogP contribution in [0.25, 0.3) is 0 Å². The maximum atomic E-state index is 5.49. The summed E-state index contributed by atoms with van der Waals surface area (Å²) in [4.78, 5) is 2.55. The molecule has 2 rings (SSSR count). The van der Waals surface area contributed by atoms with Gasteiger partial charge in [0.15, 0.2) is 0 Å². The largest absolute Gasteiger partial charge is 0.496 e. The van der Waals surface area contributed by atoms with Crippen LogP contribution in [0.2, 0.25) is 0 Å². The number of nitrogens with zero attached hydrogens (tertiary/aromatic N) is 1. The Hall–Kier alpha value is -0.580. The molecule has 1 saturated heterocycles. The molecule has 1 heterocycles. The van der Waals surface area contributed by atoms with Gasteiger partial charge in [0.1, 0.15) is 5.75 Å². The van der Waals surface area contributed by atoms with Gasteiger partial charge in [0.25, 0.3) is 0 Å². The molecule has 0 bridgehead atoms. The van der Waals surface area contributed by atoms with Crippen molar-refractivity contribution < 1.29 is 4.74 Å². The van der Waals surface area contributed by atoms with Gasteiger partial charge in [0, 0.05) is 41.3 Å². The second-order valence-electron chi connectivity index (χ2n) is 6.01. The number of methoxy groups -OCH3 is 1. The molecule has 1 aromatic carbocycles. The summed E-state index contributed by atoms with van der Waals surface area (Å²) in [7, 11) is 1.74. The topological polar surface area (TPSA) is 24.5 Å². The summed E-state index contributed by atoms with van der Waals surface area (Å²) >= 11 is 3.56. The van der Waals surface area contributed by atoms with Crippen LogP contribution in [0, 0.1) is 0 Å². The van der Waals surface area contributed by atoms with Gasteiger partial charge in [-0.3, -0.25) is 4.90 Å². The van der Waals surface area contributed by atoms with Gasteiger partial charge in [-0.1, -0.05) is 22.9 Å². The molecule has 0 saturated carbocycles. The van der Waals surface area contributed by atoms with Crippen molar-refractivity contribution in [2.75, 3.05) is 20.2 Å². The van der Waals surface area contributed by atoms with Crippen LogP contribution in [0.4, 0.5) is 0 Å². The van der Waals surface area contributed by atoms with E-state index in [-0.39, 0.29) is 5.54 Å². The fourth-order valence-electron chi connectivity index (χ4n) is 2.72. The molecule has 2 atom stereocenters. The summed E-state index contributed by atoms with van der Waals surface area (Å²) in [5, 5.41) is 3.67. The normalized spacial score (nSPS) is 27.6. The predicted octanol–water partition coefficient (Wildman–Crippen LogP) is 3.42. The summed E-state index contributed by atoms with van der Waals surface area (Å²) in [6.07, 6.45) is 1.14. The third-order valence-corrected chi connectivity index (χ3v) is 4.89. The molecule has 1 aliphatic rings. The van der Waals surface area contributed by atoms with Crippen molar-refractivity contribution in [3.8, 4) is 5.75 Å². The average molecular weight is 341 g/mol. The van der Waals surface area contributed by atoms with E-state index in [2.05, 4.69) is 53.0 Å². The standard InChI is InChI=1S/C16H25BrN2O/c1-5-16(3)11-19(12(2)9-18-16)10-13-8-14(17)6-7-15(13)20-4/h6-8,12,18H,5,9-11H2,1-4H3. The minimum Gasteiger partial charge on any atom is -0.496 e. The number of benzene rings is 1. The summed E-state index contributed by atoms with van der Waals surface area (Å²) in [5.41, 5.74) is 1.46. The second-order valence-corrected chi connectivity index (χ2v) is 6.92. The smallest absolute Gasteiger partial charge is 0.123 e. The minimum atomic E-state index is 0.214. The molecule has 0 radical (unpaired) electrons. The number of rotatable bonds is 4. The van der Waals surface area contributed by atoms with Crippen molar-refractivity contribution in [1.29, 1.82) is 0 Å². The lowest BCUT2D eigenvalue weighted by atomic mass is 9.93. The van der Waals surface area contributed by atoms with Crippen molar-refractivity contribution >= 4 is 15.9 Å². The summed E-state index contributed by atoms with van der Waals surface area (Å²) in [6, 6.07) is 6.76. The Kier molecular flexibility index (Phi) is 5.10. The van der Waals surface area contributed by atoms with E-state index in [4.69, 9.17) is 4.74 Å². The Balaban J connectivity index is 2.17. The Bertz CT molecular complexity index is 466. The first-order valence-corrected chi connectivity index (χ1v) is 8.08. The van der Waals surface area contributed by atoms with Crippen LogP contribution < -0.4 is 10.1 Å². The molecule has 2 unspecified atom stereocenters. The Morgan fingerprint density at radius 1 is 1.50 bits per heavy atom. The van der Waals surface area contributed by atoms with E-state index in [1.165, 1.54) is 5.56 Å². The maximum absolute atomic E-state index is 5.49. The maximum Gasteiger partial charge on any atom is 0.123 e. The molecule has 0 amide bonds. The predicted molar refractivity (Wildman–Crippen MR) is 87.3 cm³/mol. The van der Waals surface area contributed by atoms with E-state index < -0.39 is 0 Å². The first-order chi connectivity index (χ1) is 9.47. The Morgan fingerprint density at radius 2 is 2.25 bits per heavy atom. The van der Waals surface area contributed by atoms with Crippen LogP contribution in [0.15, 0.2) is 22.7 Å². The van der Waals surface area contributed by atoms with E-state index in [1.54, 1.807) is 7.11 Å². The van der Waals surface area contributed by atoms with Crippen molar-refractivity contribution in [2.45, 2.75) is 45.3 Å². The molecule has 20 heavy (non-hydrogen) atoms. The molecule has 0 spiro atoms. The van der Waals surface area contributed by atoms with Gasteiger partial charge < -0.3 is 10.1 Å². The van der Waals surface area contributed by atoms with Crippen molar-refractivity contribution in [3.63, 3.8) is 0 Å². The second kappa shape index (κ2) is 6.46. The van der Waals surface area contributed by atoms with E-state index in [1.807, 2.05) is 12.1 Å². The first kappa shape index (κ1) is 15.8. The van der Waals surface area contributed by atoms with Gasteiger partial charge in [0.2, 0.25) is 0 Å². The van der Waals surface area contributed by atoms with Gasteiger partial charge in [0.05, 0.1) is 7.11 Å². The quantitative estimate of drug-likeness (QED) is 0.908. The Labute approximate surface area is 130 Å². The zero-order valence-corrected chi connectivity index (χ0v) is 14.5. The van der Waals surface area contributed by atoms with Crippen LogP contribution >= 0.6 is 15.9 Å². The lowest BCUT2D eigenvalue weighted by molar-refractivity contribution is 0.0858. The zero-order valence-electron chi connectivity index (χ0n) is 12.9. The minimum absolute atomic E-state index is 0.214. The van der Waals surface area contributed by atoms with Crippen LogP contribution in [0.5, 0.6) is 5.75 Å². The van der Waals surface area contributed by atoms with Crippen LogP contribution in [-0.4, -0.2) is 36.7 Å². The number of hydrogen-bond donors (Lipinski definition) is 1. The van der Waals surface area contributed by atoms with E-state index in [0.717, 1.165) is 36.3 Å². The van der Waals surface area contributed by atoms with Gasteiger partial charge >= 0.3 is 0 Å². The monoisotopic (exact) mass is 340 g/mol. The van der Waals surface area contributed by atoms with Crippen molar-refractivity contribution in [1.82, 2.24) is 10.2 Å². The summed E-state index contributed by atoms with van der Waals surface area (Å²) < 4.78 is 6.60. The lowest BCUT2D eigenvalue weighted by Gasteiger charge is -2.45. The number of hydrogen-bond acceptors (Lipinski definition) is 3. The summed E-state index contributed by atoms with van der Waals surface area (Å²) in [5.74, 6) is 0.970. The molecular weight excluding hydrogens is 316 g/mol. The molecule has 1 aliphatic heterocycles. The van der Waals surface area contributed by atoms with Crippen LogP contribution in [0.1, 0.15) is 32.8 Å². The number of ether oxygens (including phenoxy) is 1. The van der Waals surface area contributed by atoms with Crippen molar-refractivity contribution in [2.24, 2.45) is 0 Å². The highest BCUT2D eigenvalue weighted by atomic mass is 79.9. The van der Waals surface area contributed by atoms with E-state index >= 15 is 0 Å². The van der Waals surface area contributed by atoms with Crippen LogP contribution in [-0.2, 0) is 6.54 Å². The van der Waals surface area contributed by atoms with E-state index in [0.29, 0.717) is 6.04 Å². The van der Waals surface area contributed by atoms with E-state index in [9.17, 15) is 0 Å². The molecule has 1 fully saturated rings. The third-order valence-electron chi connectivity index (χ3n) is 4.40. The highest BCUT2D eigenvalue weighted by molar-refractivity contribution is 9.10. The van der Waals surface area contributed by atoms with Crippen molar-refractivity contribution in [3.05, 3.63) is 28.2 Å². The highest BCUT2D eigenvalue weighted by Gasteiger charge is 2.32. The number of halogens is 1. The fourth-order valence-corrected chi connectivity index (χ4v) is 3.13. The average Bonchev–Trinajstić information content (AvgIpc) is 2.43. The molecule has 112 valence electrons. The number of nitrogens with one attached hydrogen (secondary N) is 1. The molecule has 4 heteroatoms. The fraction of sp³-hybridized carbons (Fsp3) is 0.625. The molecule has 1 aromatic rings. The molecule has 1 N–H and O–H groups in total. The molecular formula is C16H25BrN2O. The van der Waals surface area contributed by atoms with Gasteiger partial charge in [-0.2, -0.15) is 0 Å². The zero-order chi connectivity index (χ0) is 14.8. The summed E-state index contributed by atoms with van der Waals surface area (Å²) in [6.45, 7) is 9.89. The van der Waals surface area contributed by atoms with Gasteiger partial charge in [-0.15, -0.1) is 0 Å².